The molecule has 0 aromatic carbocycles. The van der Waals surface area contributed by atoms with Crippen molar-refractivity contribution in [2.75, 3.05) is 0 Å². The van der Waals surface area contributed by atoms with E-state index in [-0.39, 0.29) is 24.8 Å². The first-order valence-electron chi connectivity index (χ1n) is 10.2. The quantitative estimate of drug-likeness (QED) is 0.425. The summed E-state index contributed by atoms with van der Waals surface area (Å²) in [6.45, 7) is 14.9. The predicted octanol–water partition coefficient (Wildman–Crippen LogP) is 1.18. The van der Waals surface area contributed by atoms with Crippen LogP contribution in [0.25, 0.3) is 0 Å². The summed E-state index contributed by atoms with van der Waals surface area (Å²) >= 11 is -1.68. The second-order valence-electron chi connectivity index (χ2n) is 7.95. The number of hydrogen-bond acceptors (Lipinski definition) is 0. The average molecular weight is 492 g/mol. The van der Waals surface area contributed by atoms with Gasteiger partial charge in [-0.1, -0.05) is 0 Å². The van der Waals surface area contributed by atoms with Crippen molar-refractivity contribution in [3.63, 3.8) is 0 Å². The fourth-order valence-electron chi connectivity index (χ4n) is 4.21. The molecule has 0 aliphatic heterocycles. The van der Waals surface area contributed by atoms with Gasteiger partial charge in [0.15, 0.2) is 0 Å². The second-order valence-corrected chi connectivity index (χ2v) is 26.7. The summed E-state index contributed by atoms with van der Waals surface area (Å²) in [5.74, 6) is -0.614. The maximum Gasteiger partial charge on any atom is -1.00 e. The van der Waals surface area contributed by atoms with Crippen LogP contribution in [0, 0.1) is 0 Å². The molecule has 0 nitrogen and oxygen atoms in total. The zero-order valence-electron chi connectivity index (χ0n) is 17.6. The van der Waals surface area contributed by atoms with E-state index in [1.807, 2.05) is 6.56 Å². The molecule has 0 aromatic heterocycles. The number of rotatable bonds is 9. The number of allylic oxidation sites excluding steroid dienone is 8. The Bertz CT molecular complexity index is 537. The van der Waals surface area contributed by atoms with E-state index in [2.05, 4.69) is 52.9 Å². The van der Waals surface area contributed by atoms with Gasteiger partial charge in [0.25, 0.3) is 0 Å². The summed E-state index contributed by atoms with van der Waals surface area (Å²) in [5, 5.41) is 0. The summed E-state index contributed by atoms with van der Waals surface area (Å²) < 4.78 is 3.93. The van der Waals surface area contributed by atoms with Crippen LogP contribution in [-0.4, -0.2) is 5.92 Å². The van der Waals surface area contributed by atoms with E-state index in [0.29, 0.717) is 0 Å². The molecule has 0 fully saturated rings. The summed E-state index contributed by atoms with van der Waals surface area (Å²) in [6.07, 6.45) is 15.8. The molecular weight excluding hydrogens is 454 g/mol. The maximum atomic E-state index is 2.65. The molecule has 0 radical (unpaired) electrons. The van der Waals surface area contributed by atoms with Crippen molar-refractivity contribution in [2.24, 2.45) is 0 Å². The standard InChI is InChI=1S/2C10H15.C2H7Si.2ClH.Zr/c2*1-3-4-5-10-7-6-9(2)8-10;1-3-2;;;/h2*7H,3-6H2,1-2H3;3H,1-2H3;2*1H;/q;;;;;+2/p-2. The molecular formula is C22H37Cl2SiZr. The van der Waals surface area contributed by atoms with E-state index in [1.54, 1.807) is 22.3 Å². The Labute approximate surface area is 183 Å². The fraction of sp³-hybridized carbons (Fsp3) is 0.636. The minimum absolute atomic E-state index is 0. The summed E-state index contributed by atoms with van der Waals surface area (Å²) in [6, 6.07) is 0. The van der Waals surface area contributed by atoms with Crippen LogP contribution in [0.15, 0.2) is 41.0 Å². The van der Waals surface area contributed by atoms with E-state index >= 15 is 0 Å². The summed E-state index contributed by atoms with van der Waals surface area (Å²) in [4.78, 5) is 0. The molecule has 0 saturated heterocycles. The van der Waals surface area contributed by atoms with Crippen LogP contribution in [-0.2, 0) is 20.9 Å². The van der Waals surface area contributed by atoms with Gasteiger partial charge in [-0.25, -0.2) is 0 Å². The molecule has 0 amide bonds. The van der Waals surface area contributed by atoms with Crippen molar-refractivity contribution in [1.29, 1.82) is 0 Å². The topological polar surface area (TPSA) is 0 Å². The molecule has 0 N–H and O–H groups in total. The first-order valence-corrected chi connectivity index (χ1v) is 19.8. The van der Waals surface area contributed by atoms with Crippen LogP contribution in [0.5, 0.6) is 0 Å². The van der Waals surface area contributed by atoms with Crippen molar-refractivity contribution < 1.29 is 45.7 Å². The normalized spacial score (nSPS) is 16.6. The fourth-order valence-corrected chi connectivity index (χ4v) is 25.2. The van der Waals surface area contributed by atoms with E-state index in [4.69, 9.17) is 0 Å². The molecule has 0 spiro atoms. The Morgan fingerprint density at radius 3 is 1.50 bits per heavy atom. The van der Waals surface area contributed by atoms with Crippen LogP contribution in [0.2, 0.25) is 13.1 Å². The zero-order chi connectivity index (χ0) is 17.7. The van der Waals surface area contributed by atoms with E-state index < -0.39 is 26.8 Å². The van der Waals surface area contributed by atoms with Gasteiger partial charge in [0.05, 0.1) is 0 Å². The molecule has 0 saturated carbocycles. The third-order valence-electron chi connectivity index (χ3n) is 5.52. The molecule has 147 valence electrons. The minimum Gasteiger partial charge on any atom is -1.00 e. The SMILES string of the molecule is CCCCC1=CCC(C)=[C]1[Zr+2]([C]1=C(C)CC=C1CCCC)[SiH](C)C.[Cl-].[Cl-]. The van der Waals surface area contributed by atoms with Crippen molar-refractivity contribution in [2.45, 2.75) is 92.2 Å². The van der Waals surface area contributed by atoms with E-state index in [1.165, 1.54) is 51.4 Å². The van der Waals surface area contributed by atoms with Gasteiger partial charge < -0.3 is 24.8 Å². The molecule has 0 heterocycles. The number of hydrogen-bond donors (Lipinski definition) is 0. The van der Waals surface area contributed by atoms with E-state index in [9.17, 15) is 0 Å². The Kier molecular flexibility index (Phi) is 13.3. The third kappa shape index (κ3) is 6.33. The Balaban J connectivity index is 0.00000312. The van der Waals surface area contributed by atoms with Crippen LogP contribution in [0.1, 0.15) is 79.1 Å². The molecule has 0 unspecified atom stereocenters. The predicted molar refractivity (Wildman–Crippen MR) is 109 cm³/mol. The number of halogens is 2. The average Bonchev–Trinajstić information content (AvgIpc) is 3.08. The monoisotopic (exact) mass is 489 g/mol. The molecule has 2 aliphatic rings. The van der Waals surface area contributed by atoms with Gasteiger partial charge in [0.2, 0.25) is 0 Å². The molecule has 0 aromatic rings. The smallest absolute Gasteiger partial charge is 1.00 e. The van der Waals surface area contributed by atoms with Crippen molar-refractivity contribution in [3.05, 3.63) is 41.0 Å². The van der Waals surface area contributed by atoms with E-state index in [0.717, 1.165) is 0 Å². The second kappa shape index (κ2) is 13.0. The summed E-state index contributed by atoms with van der Waals surface area (Å²) in [7, 11) is 0. The molecule has 4 heteroatoms. The van der Waals surface area contributed by atoms with Gasteiger partial charge in [-0.2, -0.15) is 0 Å². The Hall–Kier alpha value is 0.640. The molecule has 0 bridgehead atoms. The van der Waals surface area contributed by atoms with Gasteiger partial charge >= 0.3 is 160 Å². The van der Waals surface area contributed by atoms with Crippen molar-refractivity contribution in [3.8, 4) is 0 Å². The van der Waals surface area contributed by atoms with Crippen LogP contribution in [0.3, 0.4) is 0 Å². The van der Waals surface area contributed by atoms with Crippen molar-refractivity contribution in [1.82, 2.24) is 0 Å². The van der Waals surface area contributed by atoms with Gasteiger partial charge in [0.1, 0.15) is 0 Å². The first-order chi connectivity index (χ1) is 11.5. The number of unbranched alkanes of at least 4 members (excludes halogenated alkanes) is 2. The van der Waals surface area contributed by atoms with Crippen LogP contribution in [0.4, 0.5) is 0 Å². The van der Waals surface area contributed by atoms with Crippen LogP contribution >= 0.6 is 0 Å². The molecule has 26 heavy (non-hydrogen) atoms. The first kappa shape index (κ1) is 26.6. The van der Waals surface area contributed by atoms with Gasteiger partial charge in [-0.3, -0.25) is 0 Å². The maximum absolute atomic E-state index is 2.65. The van der Waals surface area contributed by atoms with Crippen LogP contribution < -0.4 is 24.8 Å². The largest absolute Gasteiger partial charge is 1.00 e. The molecule has 0 atom stereocenters. The molecule has 2 aliphatic carbocycles. The zero-order valence-corrected chi connectivity index (χ0v) is 22.8. The molecule has 2 rings (SSSR count). The Morgan fingerprint density at radius 1 is 0.808 bits per heavy atom. The van der Waals surface area contributed by atoms with Gasteiger partial charge in [-0.05, 0) is 0 Å². The van der Waals surface area contributed by atoms with Gasteiger partial charge in [-0.15, -0.1) is 0 Å². The Morgan fingerprint density at radius 2 is 1.19 bits per heavy atom. The van der Waals surface area contributed by atoms with Crippen molar-refractivity contribution >= 4 is 5.92 Å². The summed E-state index contributed by atoms with van der Waals surface area (Å²) in [5.41, 5.74) is 7.07. The minimum atomic E-state index is -1.68. The third-order valence-corrected chi connectivity index (χ3v) is 24.9. The van der Waals surface area contributed by atoms with Gasteiger partial charge in [0, 0.05) is 0 Å².